The minimum atomic E-state index is -0.263. The molecule has 1 saturated heterocycles. The second-order valence-electron chi connectivity index (χ2n) is 6.50. The maximum atomic E-state index is 13.1. The summed E-state index contributed by atoms with van der Waals surface area (Å²) in [5.74, 6) is -0.121. The van der Waals surface area contributed by atoms with Gasteiger partial charge in [-0.15, -0.1) is 0 Å². The molecule has 1 aromatic carbocycles. The first-order chi connectivity index (χ1) is 14.2. The summed E-state index contributed by atoms with van der Waals surface area (Å²) in [4.78, 5) is 34.2. The molecule has 1 fully saturated rings. The molecule has 2 N–H and O–H groups in total. The van der Waals surface area contributed by atoms with Crippen molar-refractivity contribution in [2.75, 3.05) is 33.0 Å². The van der Waals surface area contributed by atoms with Crippen molar-refractivity contribution in [2.24, 2.45) is 0 Å². The second-order valence-corrected chi connectivity index (χ2v) is 6.50. The Labute approximate surface area is 167 Å². The molecule has 0 bridgehead atoms. The highest BCUT2D eigenvalue weighted by molar-refractivity contribution is 5.93. The molecule has 2 aromatic rings. The van der Waals surface area contributed by atoms with Gasteiger partial charge in [-0.3, -0.25) is 14.6 Å². The van der Waals surface area contributed by atoms with E-state index in [1.165, 1.54) is 18.5 Å². The van der Waals surface area contributed by atoms with Crippen molar-refractivity contribution in [3.05, 3.63) is 47.5 Å². The number of amides is 1. The van der Waals surface area contributed by atoms with E-state index in [1.54, 1.807) is 17.0 Å². The molecule has 29 heavy (non-hydrogen) atoms. The summed E-state index contributed by atoms with van der Waals surface area (Å²) < 4.78 is 11.2. The predicted octanol–water partition coefficient (Wildman–Crippen LogP) is 0.840. The van der Waals surface area contributed by atoms with Crippen LogP contribution in [0.25, 0.3) is 0 Å². The smallest absolute Gasteiger partial charge is 0.274 e. The molecule has 1 aromatic heterocycles. The molecule has 0 aliphatic carbocycles. The second kappa shape index (κ2) is 9.94. The van der Waals surface area contributed by atoms with Crippen LogP contribution in [0.3, 0.4) is 0 Å². The van der Waals surface area contributed by atoms with Crippen molar-refractivity contribution < 1.29 is 29.3 Å². The average Bonchev–Trinajstić information content (AvgIpc) is 2.74. The monoisotopic (exact) mass is 401 g/mol. The highest BCUT2D eigenvalue weighted by Gasteiger charge is 2.30. The lowest BCUT2D eigenvalue weighted by atomic mass is 10.1. The summed E-state index contributed by atoms with van der Waals surface area (Å²) >= 11 is 0. The number of carbonyl (C=O) groups is 2. The van der Waals surface area contributed by atoms with Gasteiger partial charge in [0.2, 0.25) is 0 Å². The Balaban J connectivity index is 1.68. The molecule has 1 amide bonds. The molecule has 9 heteroatoms. The van der Waals surface area contributed by atoms with E-state index < -0.39 is 0 Å². The minimum Gasteiger partial charge on any atom is -0.507 e. The summed E-state index contributed by atoms with van der Waals surface area (Å²) in [6, 6.07) is 4.37. The molecule has 1 aliphatic rings. The van der Waals surface area contributed by atoms with Crippen LogP contribution in [0.1, 0.15) is 33.0 Å². The largest absolute Gasteiger partial charge is 0.507 e. The standard InChI is InChI=1S/C20H23N3O6/c24-9-4-16-19(22-7-6-21-16)20(27)23-8-11-28-13-14(23)5-10-29-18-3-1-2-17(26)15(18)12-25/h1-3,6-7,12,14,24,26H,4-5,8-11,13H2/t14-/m1/s1. The third kappa shape index (κ3) is 4.87. The van der Waals surface area contributed by atoms with Crippen molar-refractivity contribution in [1.82, 2.24) is 14.9 Å². The Kier molecular flexibility index (Phi) is 7.09. The third-order valence-electron chi connectivity index (χ3n) is 4.68. The van der Waals surface area contributed by atoms with Crippen molar-refractivity contribution in [2.45, 2.75) is 18.9 Å². The number of phenols is 1. The molecule has 0 unspecified atom stereocenters. The van der Waals surface area contributed by atoms with Gasteiger partial charge in [-0.2, -0.15) is 0 Å². The van der Waals surface area contributed by atoms with Crippen LogP contribution >= 0.6 is 0 Å². The first-order valence-corrected chi connectivity index (χ1v) is 9.35. The van der Waals surface area contributed by atoms with Crippen LogP contribution < -0.4 is 4.74 Å². The number of nitrogens with zero attached hydrogens (tertiary/aromatic N) is 3. The summed E-state index contributed by atoms with van der Waals surface area (Å²) in [5.41, 5.74) is 0.774. The lowest BCUT2D eigenvalue weighted by Crippen LogP contribution is -2.49. The molecule has 1 aliphatic heterocycles. The van der Waals surface area contributed by atoms with Gasteiger partial charge in [-0.1, -0.05) is 6.07 Å². The topological polar surface area (TPSA) is 122 Å². The number of morpholine rings is 1. The fourth-order valence-electron chi connectivity index (χ4n) is 3.21. The molecule has 2 heterocycles. The lowest BCUT2D eigenvalue weighted by molar-refractivity contribution is -0.00782. The molecule has 9 nitrogen and oxygen atoms in total. The van der Waals surface area contributed by atoms with Gasteiger partial charge in [0.25, 0.3) is 5.91 Å². The van der Waals surface area contributed by atoms with Gasteiger partial charge in [0.1, 0.15) is 17.2 Å². The van der Waals surface area contributed by atoms with Crippen molar-refractivity contribution in [3.8, 4) is 11.5 Å². The summed E-state index contributed by atoms with van der Waals surface area (Å²) in [6.07, 6.45) is 4.21. The fourth-order valence-corrected chi connectivity index (χ4v) is 3.21. The summed E-state index contributed by atoms with van der Waals surface area (Å²) in [7, 11) is 0. The number of aliphatic hydroxyl groups is 1. The van der Waals surface area contributed by atoms with Gasteiger partial charge in [0.15, 0.2) is 6.29 Å². The van der Waals surface area contributed by atoms with Crippen LogP contribution in [0.4, 0.5) is 0 Å². The summed E-state index contributed by atoms with van der Waals surface area (Å²) in [6.45, 7) is 1.28. The Morgan fingerprint density at radius 1 is 1.34 bits per heavy atom. The minimum absolute atomic E-state index is 0.0912. The predicted molar refractivity (Wildman–Crippen MR) is 102 cm³/mol. The molecule has 3 rings (SSSR count). The molecule has 0 radical (unpaired) electrons. The normalized spacial score (nSPS) is 16.4. The maximum absolute atomic E-state index is 13.1. The number of carbonyl (C=O) groups excluding carboxylic acids is 2. The molecule has 1 atom stereocenters. The van der Waals surface area contributed by atoms with Crippen LogP contribution in [0, 0.1) is 0 Å². The number of benzene rings is 1. The molecule has 0 spiro atoms. The van der Waals surface area contributed by atoms with E-state index in [0.29, 0.717) is 38.2 Å². The van der Waals surface area contributed by atoms with Crippen molar-refractivity contribution in [1.29, 1.82) is 0 Å². The van der Waals surface area contributed by atoms with E-state index in [0.717, 1.165) is 0 Å². The van der Waals surface area contributed by atoms with Gasteiger partial charge in [-0.05, 0) is 12.1 Å². The van der Waals surface area contributed by atoms with Crippen molar-refractivity contribution in [3.63, 3.8) is 0 Å². The molecular weight excluding hydrogens is 378 g/mol. The highest BCUT2D eigenvalue weighted by atomic mass is 16.5. The van der Waals surface area contributed by atoms with E-state index in [9.17, 15) is 19.8 Å². The molecule has 154 valence electrons. The van der Waals surface area contributed by atoms with E-state index in [4.69, 9.17) is 9.47 Å². The van der Waals surface area contributed by atoms with E-state index in [1.807, 2.05) is 0 Å². The number of aliphatic hydroxyl groups excluding tert-OH is 1. The zero-order chi connectivity index (χ0) is 20.6. The first-order valence-electron chi connectivity index (χ1n) is 9.35. The van der Waals surface area contributed by atoms with Gasteiger partial charge in [0, 0.05) is 38.4 Å². The quantitative estimate of drug-likeness (QED) is 0.624. The molecule has 0 saturated carbocycles. The Morgan fingerprint density at radius 3 is 2.97 bits per heavy atom. The number of hydrogen-bond donors (Lipinski definition) is 2. The van der Waals surface area contributed by atoms with Crippen LogP contribution in [-0.4, -0.2) is 76.3 Å². The number of aromatic hydroxyl groups is 1. The zero-order valence-corrected chi connectivity index (χ0v) is 15.9. The van der Waals surface area contributed by atoms with Gasteiger partial charge >= 0.3 is 0 Å². The Hall–Kier alpha value is -3.04. The highest BCUT2D eigenvalue weighted by Crippen LogP contribution is 2.26. The number of phenolic OH excluding ortho intramolecular Hbond substituents is 1. The van der Waals surface area contributed by atoms with E-state index in [-0.39, 0.29) is 54.3 Å². The number of ether oxygens (including phenoxy) is 2. The molecular formula is C20H23N3O6. The Bertz CT molecular complexity index is 860. The first kappa shape index (κ1) is 20.7. The van der Waals surface area contributed by atoms with Crippen LogP contribution in [0.15, 0.2) is 30.6 Å². The van der Waals surface area contributed by atoms with E-state index in [2.05, 4.69) is 9.97 Å². The zero-order valence-electron chi connectivity index (χ0n) is 15.9. The number of aromatic nitrogens is 2. The van der Waals surface area contributed by atoms with Crippen LogP contribution in [0.2, 0.25) is 0 Å². The number of aldehydes is 1. The van der Waals surface area contributed by atoms with Gasteiger partial charge in [0.05, 0.1) is 37.1 Å². The van der Waals surface area contributed by atoms with Crippen LogP contribution in [-0.2, 0) is 11.2 Å². The lowest BCUT2D eigenvalue weighted by Gasteiger charge is -2.35. The number of hydrogen-bond acceptors (Lipinski definition) is 8. The van der Waals surface area contributed by atoms with Gasteiger partial charge < -0.3 is 24.6 Å². The summed E-state index contributed by atoms with van der Waals surface area (Å²) in [5, 5.41) is 18.9. The van der Waals surface area contributed by atoms with Gasteiger partial charge in [-0.25, -0.2) is 4.98 Å². The fraction of sp³-hybridized carbons (Fsp3) is 0.400. The third-order valence-corrected chi connectivity index (χ3v) is 4.68. The average molecular weight is 401 g/mol. The van der Waals surface area contributed by atoms with Crippen molar-refractivity contribution >= 4 is 12.2 Å². The number of rotatable bonds is 8. The maximum Gasteiger partial charge on any atom is 0.274 e. The SMILES string of the molecule is O=Cc1c(O)cccc1OCC[C@@H]1COCCN1C(=O)c1nccnc1CCO. The van der Waals surface area contributed by atoms with E-state index >= 15 is 0 Å². The Morgan fingerprint density at radius 2 is 2.17 bits per heavy atom. The van der Waals surface area contributed by atoms with Crippen LogP contribution in [0.5, 0.6) is 11.5 Å².